The van der Waals surface area contributed by atoms with Gasteiger partial charge in [0, 0.05) is 6.42 Å². The van der Waals surface area contributed by atoms with Crippen molar-refractivity contribution in [3.05, 3.63) is 0 Å². The van der Waals surface area contributed by atoms with Gasteiger partial charge in [-0.25, -0.2) is 0 Å². The molecule has 3 N–H and O–H groups in total. The van der Waals surface area contributed by atoms with E-state index in [1.807, 2.05) is 6.92 Å². The second kappa shape index (κ2) is 8.12. The van der Waals surface area contributed by atoms with Crippen LogP contribution in [0.4, 0.5) is 0 Å². The fraction of sp³-hybridized carbons (Fsp3) is 0.800. The summed E-state index contributed by atoms with van der Waals surface area (Å²) in [5.41, 5.74) is 5.60. The van der Waals surface area contributed by atoms with Crippen molar-refractivity contribution in [1.82, 2.24) is 10.2 Å². The highest BCUT2D eigenvalue weighted by Gasteiger charge is 2.35. The van der Waals surface area contributed by atoms with E-state index < -0.39 is 11.9 Å². The number of nitrogens with one attached hydrogen (secondary N) is 1. The minimum Gasteiger partial charge on any atom is -0.330 e. The Balaban J connectivity index is 2.63. The molecule has 0 aromatic carbocycles. The van der Waals surface area contributed by atoms with Crippen molar-refractivity contribution in [2.45, 2.75) is 52.5 Å². The highest BCUT2D eigenvalue weighted by Crippen LogP contribution is 2.22. The standard InChI is InChI=1S/C15H27N3O3/c1-4-12-15(21)17-13(19)9-18(12)14(20)6-5-11(7-8-16)10(2)3/h10-12H,4-9,16H2,1-3H3,(H,17,19,21). The van der Waals surface area contributed by atoms with E-state index in [2.05, 4.69) is 19.2 Å². The number of rotatable bonds is 7. The maximum absolute atomic E-state index is 12.4. The summed E-state index contributed by atoms with van der Waals surface area (Å²) in [5.74, 6) is -0.0273. The van der Waals surface area contributed by atoms with Gasteiger partial charge in [0.05, 0.1) is 0 Å². The van der Waals surface area contributed by atoms with Gasteiger partial charge in [-0.3, -0.25) is 19.7 Å². The molecule has 1 rings (SSSR count). The van der Waals surface area contributed by atoms with Crippen LogP contribution in [0.25, 0.3) is 0 Å². The van der Waals surface area contributed by atoms with Crippen LogP contribution in [-0.2, 0) is 14.4 Å². The van der Waals surface area contributed by atoms with Gasteiger partial charge in [-0.2, -0.15) is 0 Å². The van der Waals surface area contributed by atoms with Crippen LogP contribution in [0.5, 0.6) is 0 Å². The largest absolute Gasteiger partial charge is 0.330 e. The molecule has 1 fully saturated rings. The zero-order valence-electron chi connectivity index (χ0n) is 13.2. The Labute approximate surface area is 126 Å². The molecule has 1 heterocycles. The average Bonchev–Trinajstić information content (AvgIpc) is 2.41. The molecule has 120 valence electrons. The summed E-state index contributed by atoms with van der Waals surface area (Å²) in [7, 11) is 0. The zero-order valence-corrected chi connectivity index (χ0v) is 13.2. The summed E-state index contributed by atoms with van der Waals surface area (Å²) >= 11 is 0. The summed E-state index contributed by atoms with van der Waals surface area (Å²) in [6.07, 6.45) is 2.51. The van der Waals surface area contributed by atoms with Crippen LogP contribution in [0.3, 0.4) is 0 Å². The molecule has 1 aliphatic heterocycles. The van der Waals surface area contributed by atoms with Crippen molar-refractivity contribution in [3.8, 4) is 0 Å². The number of hydrogen-bond acceptors (Lipinski definition) is 4. The van der Waals surface area contributed by atoms with Crippen LogP contribution in [0.15, 0.2) is 0 Å². The molecule has 2 atom stereocenters. The Morgan fingerprint density at radius 1 is 1.38 bits per heavy atom. The van der Waals surface area contributed by atoms with Gasteiger partial charge in [0.15, 0.2) is 0 Å². The SMILES string of the molecule is CCC1C(=O)NC(=O)CN1C(=O)CCC(CCN)C(C)C. The maximum Gasteiger partial charge on any atom is 0.249 e. The van der Waals surface area contributed by atoms with E-state index in [1.54, 1.807) is 0 Å². The molecule has 0 bridgehead atoms. The molecule has 0 aliphatic carbocycles. The lowest BCUT2D eigenvalue weighted by Crippen LogP contribution is -2.59. The zero-order chi connectivity index (χ0) is 16.0. The summed E-state index contributed by atoms with van der Waals surface area (Å²) in [6, 6.07) is -0.526. The first-order chi connectivity index (χ1) is 9.90. The number of nitrogens with zero attached hydrogens (tertiary/aromatic N) is 1. The van der Waals surface area contributed by atoms with Gasteiger partial charge in [0.25, 0.3) is 0 Å². The fourth-order valence-corrected chi connectivity index (χ4v) is 2.81. The average molecular weight is 297 g/mol. The third-order valence-corrected chi connectivity index (χ3v) is 4.17. The number of amides is 3. The molecular formula is C15H27N3O3. The molecule has 3 amide bonds. The molecule has 0 spiro atoms. The molecule has 6 heteroatoms. The van der Waals surface area contributed by atoms with E-state index in [4.69, 9.17) is 5.73 Å². The minimum atomic E-state index is -0.526. The molecule has 0 saturated carbocycles. The Kier molecular flexibility index (Phi) is 6.81. The van der Waals surface area contributed by atoms with Gasteiger partial charge in [0.1, 0.15) is 12.6 Å². The number of hydrogen-bond donors (Lipinski definition) is 2. The van der Waals surface area contributed by atoms with Gasteiger partial charge in [-0.15, -0.1) is 0 Å². The molecular weight excluding hydrogens is 270 g/mol. The summed E-state index contributed by atoms with van der Waals surface area (Å²) in [4.78, 5) is 37.0. The number of carbonyl (C=O) groups excluding carboxylic acids is 3. The van der Waals surface area contributed by atoms with Crippen molar-refractivity contribution in [2.24, 2.45) is 17.6 Å². The first kappa shape index (κ1) is 17.6. The van der Waals surface area contributed by atoms with Crippen molar-refractivity contribution >= 4 is 17.7 Å². The molecule has 2 unspecified atom stereocenters. The smallest absolute Gasteiger partial charge is 0.249 e. The van der Waals surface area contributed by atoms with Gasteiger partial charge >= 0.3 is 0 Å². The van der Waals surface area contributed by atoms with E-state index in [0.717, 1.165) is 12.8 Å². The number of carbonyl (C=O) groups is 3. The fourth-order valence-electron chi connectivity index (χ4n) is 2.81. The highest BCUT2D eigenvalue weighted by molar-refractivity contribution is 6.04. The van der Waals surface area contributed by atoms with Crippen LogP contribution >= 0.6 is 0 Å². The first-order valence-electron chi connectivity index (χ1n) is 7.73. The summed E-state index contributed by atoms with van der Waals surface area (Å²) in [6.45, 7) is 6.67. The molecule has 0 aromatic rings. The number of imide groups is 1. The first-order valence-corrected chi connectivity index (χ1v) is 7.73. The van der Waals surface area contributed by atoms with Crippen LogP contribution in [0.2, 0.25) is 0 Å². The quantitative estimate of drug-likeness (QED) is 0.675. The lowest BCUT2D eigenvalue weighted by atomic mass is 9.88. The number of piperazine rings is 1. The van der Waals surface area contributed by atoms with Crippen LogP contribution in [0.1, 0.15) is 46.5 Å². The molecule has 6 nitrogen and oxygen atoms in total. The van der Waals surface area contributed by atoms with E-state index in [0.29, 0.717) is 31.2 Å². The Morgan fingerprint density at radius 3 is 2.57 bits per heavy atom. The Hall–Kier alpha value is -1.43. The van der Waals surface area contributed by atoms with Crippen LogP contribution < -0.4 is 11.1 Å². The Morgan fingerprint density at radius 2 is 2.05 bits per heavy atom. The maximum atomic E-state index is 12.4. The third kappa shape index (κ3) is 4.81. The van der Waals surface area contributed by atoms with Gasteiger partial charge in [0.2, 0.25) is 17.7 Å². The normalized spacial score (nSPS) is 20.6. The van der Waals surface area contributed by atoms with Crippen molar-refractivity contribution in [1.29, 1.82) is 0 Å². The molecule has 0 radical (unpaired) electrons. The second-order valence-corrected chi connectivity index (χ2v) is 5.98. The topological polar surface area (TPSA) is 92.5 Å². The third-order valence-electron chi connectivity index (χ3n) is 4.17. The lowest BCUT2D eigenvalue weighted by molar-refractivity contribution is -0.150. The van der Waals surface area contributed by atoms with Crippen LogP contribution in [0, 0.1) is 11.8 Å². The molecule has 1 aliphatic rings. The van der Waals surface area contributed by atoms with E-state index in [1.165, 1.54) is 4.90 Å². The predicted octanol–water partition coefficient (Wildman–Crippen LogP) is 0.651. The molecule has 1 saturated heterocycles. The minimum absolute atomic E-state index is 0.0215. The predicted molar refractivity (Wildman–Crippen MR) is 80.2 cm³/mol. The van der Waals surface area contributed by atoms with Gasteiger partial charge < -0.3 is 10.6 Å². The van der Waals surface area contributed by atoms with E-state index in [9.17, 15) is 14.4 Å². The van der Waals surface area contributed by atoms with Crippen molar-refractivity contribution in [3.63, 3.8) is 0 Å². The summed E-state index contributed by atoms with van der Waals surface area (Å²) < 4.78 is 0. The lowest BCUT2D eigenvalue weighted by Gasteiger charge is -2.34. The second-order valence-electron chi connectivity index (χ2n) is 5.98. The van der Waals surface area contributed by atoms with E-state index in [-0.39, 0.29) is 18.4 Å². The van der Waals surface area contributed by atoms with Crippen molar-refractivity contribution in [2.75, 3.05) is 13.1 Å². The van der Waals surface area contributed by atoms with Crippen molar-refractivity contribution < 1.29 is 14.4 Å². The Bertz CT molecular complexity index is 396. The van der Waals surface area contributed by atoms with Crippen LogP contribution in [-0.4, -0.2) is 41.8 Å². The highest BCUT2D eigenvalue weighted by atomic mass is 16.2. The van der Waals surface area contributed by atoms with Gasteiger partial charge in [-0.05, 0) is 37.6 Å². The molecule has 21 heavy (non-hydrogen) atoms. The van der Waals surface area contributed by atoms with E-state index >= 15 is 0 Å². The van der Waals surface area contributed by atoms with Gasteiger partial charge in [-0.1, -0.05) is 20.8 Å². The number of nitrogens with two attached hydrogens (primary N) is 1. The summed E-state index contributed by atoms with van der Waals surface area (Å²) in [5, 5.41) is 2.28. The molecule has 0 aromatic heterocycles. The monoisotopic (exact) mass is 297 g/mol.